The maximum atomic E-state index is 13.9. The second kappa shape index (κ2) is 12.0. The van der Waals surface area contributed by atoms with Gasteiger partial charge in [0.25, 0.3) is 5.56 Å². The molecule has 0 N–H and O–H groups in total. The van der Waals surface area contributed by atoms with Crippen LogP contribution in [0.15, 0.2) is 110 Å². The van der Waals surface area contributed by atoms with E-state index in [-0.39, 0.29) is 5.56 Å². The number of fused-ring (bicyclic) bond motifs is 2. The molecule has 0 bridgehead atoms. The number of carbonyl (C=O) groups is 1. The lowest BCUT2D eigenvalue weighted by Gasteiger charge is -2.24. The van der Waals surface area contributed by atoms with Gasteiger partial charge in [0.2, 0.25) is 0 Å². The van der Waals surface area contributed by atoms with Gasteiger partial charge < -0.3 is 14.2 Å². The first kappa shape index (κ1) is 28.6. The van der Waals surface area contributed by atoms with Gasteiger partial charge in [-0.15, -0.1) is 0 Å². The summed E-state index contributed by atoms with van der Waals surface area (Å²) in [5.74, 6) is 0.577. The van der Waals surface area contributed by atoms with E-state index in [1.54, 1.807) is 24.7 Å². The summed E-state index contributed by atoms with van der Waals surface area (Å²) in [5.41, 5.74) is 3.20. The minimum atomic E-state index is -0.654. The van der Waals surface area contributed by atoms with Gasteiger partial charge in [0.15, 0.2) is 16.3 Å². The lowest BCUT2D eigenvalue weighted by molar-refractivity contribution is -0.136. The van der Waals surface area contributed by atoms with E-state index in [0.717, 1.165) is 27.5 Å². The zero-order valence-corrected chi connectivity index (χ0v) is 26.1. The Kier molecular flexibility index (Phi) is 8.01. The fraction of sp³-hybridized carbons (Fsp3) is 0.147. The highest BCUT2D eigenvalue weighted by atomic mass is 79.9. The number of nitrogens with zero attached hydrogens (tertiary/aromatic N) is 2. The van der Waals surface area contributed by atoms with Gasteiger partial charge in [-0.3, -0.25) is 9.36 Å². The Morgan fingerprint density at radius 2 is 1.77 bits per heavy atom. The fourth-order valence-corrected chi connectivity index (χ4v) is 6.95. The topological polar surface area (TPSA) is 79.1 Å². The van der Waals surface area contributed by atoms with E-state index in [1.165, 1.54) is 18.4 Å². The Labute approximate surface area is 260 Å². The first-order chi connectivity index (χ1) is 20.9. The molecule has 1 aliphatic rings. The third-order valence-electron chi connectivity index (χ3n) is 7.34. The number of rotatable bonds is 7. The quantitative estimate of drug-likeness (QED) is 0.204. The molecule has 0 saturated carbocycles. The summed E-state index contributed by atoms with van der Waals surface area (Å²) >= 11 is 4.92. The molecule has 1 unspecified atom stereocenters. The Bertz CT molecular complexity index is 2080. The van der Waals surface area contributed by atoms with Crippen molar-refractivity contribution in [1.82, 2.24) is 4.57 Å². The summed E-state index contributed by atoms with van der Waals surface area (Å²) in [5, 5.41) is 2.28. The first-order valence-corrected chi connectivity index (χ1v) is 15.1. The molecule has 5 aromatic rings. The molecule has 0 fully saturated rings. The minimum Gasteiger partial charge on any atom is -0.493 e. The van der Waals surface area contributed by atoms with Crippen LogP contribution in [-0.4, -0.2) is 24.8 Å². The molecule has 6 rings (SSSR count). The maximum Gasteiger partial charge on any atom is 0.338 e. The number of aromatic nitrogens is 1. The van der Waals surface area contributed by atoms with Gasteiger partial charge in [-0.1, -0.05) is 84.1 Å². The van der Waals surface area contributed by atoms with Crippen LogP contribution in [0.1, 0.15) is 29.7 Å². The van der Waals surface area contributed by atoms with E-state index >= 15 is 0 Å². The largest absolute Gasteiger partial charge is 0.493 e. The number of hydrogen-bond acceptors (Lipinski definition) is 7. The smallest absolute Gasteiger partial charge is 0.338 e. The van der Waals surface area contributed by atoms with Crippen LogP contribution >= 0.6 is 27.3 Å². The molecule has 0 spiro atoms. The van der Waals surface area contributed by atoms with E-state index in [9.17, 15) is 9.59 Å². The predicted molar refractivity (Wildman–Crippen MR) is 171 cm³/mol. The van der Waals surface area contributed by atoms with E-state index in [2.05, 4.69) is 39.1 Å². The Balaban J connectivity index is 1.39. The minimum absolute atomic E-state index is 0.252. The van der Waals surface area contributed by atoms with Gasteiger partial charge in [-0.25, -0.2) is 9.79 Å². The standard InChI is InChI=1S/C34H27BrN2O5S/c1-20-29(33(39)41-3)30(23-11-5-4-6-12-23)37-32(38)28(43-34(37)36-20)18-21-16-26(35)31(27(17-21)40-2)42-19-24-14-9-13-22-10-7-8-15-25(22)24/h4-18,30H,19H2,1-3H3. The maximum absolute atomic E-state index is 13.9. The molecular weight excluding hydrogens is 628 g/mol. The first-order valence-electron chi connectivity index (χ1n) is 13.5. The number of hydrogen-bond donors (Lipinski definition) is 0. The molecular formula is C34H27BrN2O5S. The molecule has 7 nitrogen and oxygen atoms in total. The van der Waals surface area contributed by atoms with Crippen LogP contribution in [0, 0.1) is 0 Å². The second-order valence-electron chi connectivity index (χ2n) is 9.95. The number of ether oxygens (including phenoxy) is 3. The lowest BCUT2D eigenvalue weighted by atomic mass is 9.96. The average Bonchev–Trinajstić information content (AvgIpc) is 3.33. The molecule has 0 radical (unpaired) electrons. The fourth-order valence-electron chi connectivity index (χ4n) is 5.33. The van der Waals surface area contributed by atoms with Crippen molar-refractivity contribution in [3.05, 3.63) is 137 Å². The van der Waals surface area contributed by atoms with Crippen LogP contribution in [0.3, 0.4) is 0 Å². The highest BCUT2D eigenvalue weighted by Crippen LogP contribution is 2.38. The second-order valence-corrected chi connectivity index (χ2v) is 11.8. The number of benzene rings is 4. The van der Waals surface area contributed by atoms with Gasteiger partial charge in [-0.2, -0.15) is 0 Å². The van der Waals surface area contributed by atoms with Crippen LogP contribution in [0.4, 0.5) is 0 Å². The van der Waals surface area contributed by atoms with Crippen LogP contribution < -0.4 is 24.4 Å². The number of allylic oxidation sites excluding steroid dienone is 1. The average molecular weight is 656 g/mol. The van der Waals surface area contributed by atoms with Gasteiger partial charge >= 0.3 is 5.97 Å². The van der Waals surface area contributed by atoms with E-state index in [4.69, 9.17) is 14.2 Å². The van der Waals surface area contributed by atoms with E-state index in [1.807, 2.05) is 66.7 Å². The number of methoxy groups -OCH3 is 2. The lowest BCUT2D eigenvalue weighted by Crippen LogP contribution is -2.39. The molecule has 1 aromatic heterocycles. The molecule has 9 heteroatoms. The molecule has 0 aliphatic carbocycles. The van der Waals surface area contributed by atoms with Crippen LogP contribution in [0.2, 0.25) is 0 Å². The van der Waals surface area contributed by atoms with Gasteiger partial charge in [0.1, 0.15) is 6.61 Å². The normalized spacial score (nSPS) is 14.8. The number of halogens is 1. The summed E-state index contributed by atoms with van der Waals surface area (Å²) in [6.45, 7) is 2.12. The number of carbonyl (C=O) groups excluding carboxylic acids is 1. The van der Waals surface area contributed by atoms with Crippen LogP contribution in [0.5, 0.6) is 11.5 Å². The third-order valence-corrected chi connectivity index (χ3v) is 8.92. The van der Waals surface area contributed by atoms with Crippen molar-refractivity contribution in [2.45, 2.75) is 19.6 Å². The number of thiazole rings is 1. The molecule has 43 heavy (non-hydrogen) atoms. The van der Waals surface area contributed by atoms with Crippen molar-refractivity contribution in [3.63, 3.8) is 0 Å². The predicted octanol–water partition coefficient (Wildman–Crippen LogP) is 5.91. The Morgan fingerprint density at radius 3 is 2.53 bits per heavy atom. The third kappa shape index (κ3) is 5.42. The van der Waals surface area contributed by atoms with Crippen molar-refractivity contribution in [3.8, 4) is 11.5 Å². The SMILES string of the molecule is COC(=O)C1=C(C)N=c2sc(=Cc3cc(Br)c(OCc4cccc5ccccc45)c(OC)c3)c(=O)n2C1c1ccccc1. The molecule has 2 heterocycles. The Morgan fingerprint density at radius 1 is 1.02 bits per heavy atom. The molecule has 1 aliphatic heterocycles. The summed E-state index contributed by atoms with van der Waals surface area (Å²) in [6, 6.07) is 26.8. The molecule has 0 saturated heterocycles. The summed E-state index contributed by atoms with van der Waals surface area (Å²) in [6.07, 6.45) is 1.80. The highest BCUT2D eigenvalue weighted by Gasteiger charge is 2.33. The van der Waals surface area contributed by atoms with Crippen LogP contribution in [0.25, 0.3) is 16.8 Å². The van der Waals surface area contributed by atoms with Crippen molar-refractivity contribution in [2.24, 2.45) is 4.99 Å². The van der Waals surface area contributed by atoms with Crippen molar-refractivity contribution in [1.29, 1.82) is 0 Å². The zero-order valence-electron chi connectivity index (χ0n) is 23.7. The van der Waals surface area contributed by atoms with E-state index in [0.29, 0.717) is 43.2 Å². The monoisotopic (exact) mass is 654 g/mol. The van der Waals surface area contributed by atoms with Crippen molar-refractivity contribution >= 4 is 50.1 Å². The Hall–Kier alpha value is -4.47. The van der Waals surface area contributed by atoms with Gasteiger partial charge in [0, 0.05) is 0 Å². The number of esters is 1. The molecule has 4 aromatic carbocycles. The van der Waals surface area contributed by atoms with Crippen molar-refractivity contribution < 1.29 is 19.0 Å². The highest BCUT2D eigenvalue weighted by molar-refractivity contribution is 9.10. The summed E-state index contributed by atoms with van der Waals surface area (Å²) < 4.78 is 19.8. The van der Waals surface area contributed by atoms with Gasteiger partial charge in [0.05, 0.1) is 40.5 Å². The van der Waals surface area contributed by atoms with E-state index < -0.39 is 12.0 Å². The van der Waals surface area contributed by atoms with Gasteiger partial charge in [-0.05, 0) is 68.5 Å². The summed E-state index contributed by atoms with van der Waals surface area (Å²) in [7, 11) is 2.91. The molecule has 1 atom stereocenters. The molecule has 216 valence electrons. The zero-order chi connectivity index (χ0) is 30.1. The van der Waals surface area contributed by atoms with Crippen LogP contribution in [-0.2, 0) is 16.1 Å². The molecule has 0 amide bonds. The summed E-state index contributed by atoms with van der Waals surface area (Å²) in [4.78, 5) is 31.8. The van der Waals surface area contributed by atoms with Crippen molar-refractivity contribution in [2.75, 3.05) is 14.2 Å².